The van der Waals surface area contributed by atoms with E-state index in [4.69, 9.17) is 10.5 Å². The lowest BCUT2D eigenvalue weighted by Crippen LogP contribution is -1.99. The number of hydrogen-bond donors (Lipinski definition) is 1. The summed E-state index contributed by atoms with van der Waals surface area (Å²) in [6, 6.07) is 11.6. The molecule has 0 saturated carbocycles. The maximum absolute atomic E-state index is 5.88. The number of fused-ring (bicyclic) bond motifs is 1. The van der Waals surface area contributed by atoms with Gasteiger partial charge in [-0.05, 0) is 42.3 Å². The van der Waals surface area contributed by atoms with Gasteiger partial charge in [0.1, 0.15) is 18.0 Å². The van der Waals surface area contributed by atoms with E-state index in [9.17, 15) is 0 Å². The topological polar surface area (TPSA) is 52.5 Å². The highest BCUT2D eigenvalue weighted by molar-refractivity contribution is 5.48. The van der Waals surface area contributed by atoms with E-state index in [-0.39, 0.29) is 0 Å². The van der Waals surface area contributed by atoms with Crippen molar-refractivity contribution >= 4 is 11.3 Å². The summed E-state index contributed by atoms with van der Waals surface area (Å²) in [6.07, 6.45) is 6.51. The molecule has 0 atom stereocenters. The third-order valence-corrected chi connectivity index (χ3v) is 3.24. The smallest absolute Gasteiger partial charge is 0.137 e. The van der Waals surface area contributed by atoms with Gasteiger partial charge in [-0.3, -0.25) is 0 Å². The molecule has 3 rings (SSSR count). The van der Waals surface area contributed by atoms with Crippen molar-refractivity contribution in [1.82, 2.24) is 9.38 Å². The number of nitrogen functional groups attached to an aromatic ring is 1. The molecule has 2 aromatic heterocycles. The molecule has 4 heteroatoms. The Labute approximate surface area is 123 Å². The second kappa shape index (κ2) is 5.71. The molecule has 2 heterocycles. The van der Waals surface area contributed by atoms with Gasteiger partial charge in [0.15, 0.2) is 0 Å². The zero-order chi connectivity index (χ0) is 14.7. The second-order valence-corrected chi connectivity index (χ2v) is 4.85. The van der Waals surface area contributed by atoms with E-state index in [0.717, 1.165) is 34.8 Å². The molecule has 4 nitrogen and oxygen atoms in total. The molecule has 0 bridgehead atoms. The lowest BCUT2D eigenvalue weighted by molar-refractivity contribution is 0.299. The Morgan fingerprint density at radius 3 is 3.00 bits per heavy atom. The van der Waals surface area contributed by atoms with Crippen LogP contribution in [-0.2, 0) is 13.0 Å². The highest BCUT2D eigenvalue weighted by Gasteiger charge is 2.06. The van der Waals surface area contributed by atoms with E-state index >= 15 is 0 Å². The van der Waals surface area contributed by atoms with E-state index in [1.807, 2.05) is 59.3 Å². The number of benzene rings is 1. The fraction of sp³-hybridized carbons (Fsp3) is 0.118. The first kappa shape index (κ1) is 13.2. The van der Waals surface area contributed by atoms with E-state index in [1.165, 1.54) is 0 Å². The van der Waals surface area contributed by atoms with Gasteiger partial charge in [-0.2, -0.15) is 0 Å². The van der Waals surface area contributed by atoms with Crippen LogP contribution in [0, 0.1) is 0 Å². The number of ether oxygens (including phenoxy) is 1. The predicted molar refractivity (Wildman–Crippen MR) is 84.3 cm³/mol. The quantitative estimate of drug-likeness (QED) is 0.576. The molecule has 0 saturated heterocycles. The standard InChI is InChI=1S/C17H17N3O/c1-2-5-13-10-14(18)7-8-16(13)21-12-15-11-20-9-4-3-6-17(20)19-15/h2-4,6-11H,1,5,12,18H2. The minimum Gasteiger partial charge on any atom is -0.487 e. The van der Waals surface area contributed by atoms with Crippen LogP contribution in [0.4, 0.5) is 5.69 Å². The minimum absolute atomic E-state index is 0.426. The Hall–Kier alpha value is -2.75. The van der Waals surface area contributed by atoms with Gasteiger partial charge in [0, 0.05) is 18.1 Å². The van der Waals surface area contributed by atoms with Crippen molar-refractivity contribution < 1.29 is 4.74 Å². The highest BCUT2D eigenvalue weighted by atomic mass is 16.5. The number of rotatable bonds is 5. The van der Waals surface area contributed by atoms with E-state index < -0.39 is 0 Å². The van der Waals surface area contributed by atoms with Crippen LogP contribution in [0.5, 0.6) is 5.75 Å². The maximum Gasteiger partial charge on any atom is 0.137 e. The predicted octanol–water partition coefficient (Wildman–Crippen LogP) is 3.22. The van der Waals surface area contributed by atoms with Crippen LogP contribution in [0.3, 0.4) is 0 Å². The molecule has 0 aliphatic carbocycles. The molecule has 2 N–H and O–H groups in total. The molecule has 3 aromatic rings. The number of pyridine rings is 1. The first-order valence-electron chi connectivity index (χ1n) is 6.81. The van der Waals surface area contributed by atoms with Crippen molar-refractivity contribution in [2.24, 2.45) is 0 Å². The number of hydrogen-bond acceptors (Lipinski definition) is 3. The number of imidazole rings is 1. The summed E-state index contributed by atoms with van der Waals surface area (Å²) in [7, 11) is 0. The van der Waals surface area contributed by atoms with Crippen LogP contribution < -0.4 is 10.5 Å². The monoisotopic (exact) mass is 279 g/mol. The summed E-state index contributed by atoms with van der Waals surface area (Å²) in [5.41, 5.74) is 9.38. The summed E-state index contributed by atoms with van der Waals surface area (Å²) >= 11 is 0. The largest absolute Gasteiger partial charge is 0.487 e. The molecule has 0 radical (unpaired) electrons. The summed E-state index contributed by atoms with van der Waals surface area (Å²) in [5.74, 6) is 0.821. The summed E-state index contributed by atoms with van der Waals surface area (Å²) in [6.45, 7) is 4.19. The van der Waals surface area contributed by atoms with Gasteiger partial charge in [-0.15, -0.1) is 6.58 Å². The fourth-order valence-electron chi connectivity index (χ4n) is 2.26. The van der Waals surface area contributed by atoms with Crippen LogP contribution in [0.25, 0.3) is 5.65 Å². The van der Waals surface area contributed by atoms with Gasteiger partial charge < -0.3 is 14.9 Å². The van der Waals surface area contributed by atoms with Crippen LogP contribution in [0.2, 0.25) is 0 Å². The normalized spacial score (nSPS) is 10.7. The first-order valence-corrected chi connectivity index (χ1v) is 6.81. The molecular formula is C17H17N3O. The third kappa shape index (κ3) is 2.89. The summed E-state index contributed by atoms with van der Waals surface area (Å²) in [4.78, 5) is 4.51. The van der Waals surface area contributed by atoms with Gasteiger partial charge >= 0.3 is 0 Å². The van der Waals surface area contributed by atoms with Gasteiger partial charge in [-0.1, -0.05) is 12.1 Å². The number of allylic oxidation sites excluding steroid dienone is 1. The van der Waals surface area contributed by atoms with Crippen molar-refractivity contribution in [2.75, 3.05) is 5.73 Å². The third-order valence-electron chi connectivity index (χ3n) is 3.24. The van der Waals surface area contributed by atoms with Gasteiger partial charge in [0.05, 0.1) is 5.69 Å². The number of nitrogens with zero attached hydrogens (tertiary/aromatic N) is 2. The van der Waals surface area contributed by atoms with E-state index in [1.54, 1.807) is 0 Å². The molecule has 21 heavy (non-hydrogen) atoms. The Kier molecular flexibility index (Phi) is 3.60. The zero-order valence-corrected chi connectivity index (χ0v) is 11.7. The lowest BCUT2D eigenvalue weighted by atomic mass is 10.1. The molecule has 0 spiro atoms. The zero-order valence-electron chi connectivity index (χ0n) is 11.7. The fourth-order valence-corrected chi connectivity index (χ4v) is 2.26. The Balaban J connectivity index is 1.79. The first-order chi connectivity index (χ1) is 10.3. The minimum atomic E-state index is 0.426. The molecule has 0 aliphatic rings. The van der Waals surface area contributed by atoms with Crippen molar-refractivity contribution in [1.29, 1.82) is 0 Å². The lowest BCUT2D eigenvalue weighted by Gasteiger charge is -2.10. The van der Waals surface area contributed by atoms with Crippen molar-refractivity contribution in [3.8, 4) is 5.75 Å². The van der Waals surface area contributed by atoms with E-state index in [2.05, 4.69) is 11.6 Å². The molecular weight excluding hydrogens is 262 g/mol. The average Bonchev–Trinajstić information content (AvgIpc) is 2.89. The SMILES string of the molecule is C=CCc1cc(N)ccc1OCc1cn2ccccc2n1. The summed E-state index contributed by atoms with van der Waals surface area (Å²) in [5, 5.41) is 0. The van der Waals surface area contributed by atoms with Crippen molar-refractivity contribution in [3.63, 3.8) is 0 Å². The van der Waals surface area contributed by atoms with Crippen LogP contribution >= 0.6 is 0 Å². The Morgan fingerprint density at radius 2 is 2.19 bits per heavy atom. The molecule has 0 aliphatic heterocycles. The van der Waals surface area contributed by atoms with Crippen LogP contribution in [-0.4, -0.2) is 9.38 Å². The van der Waals surface area contributed by atoms with E-state index in [0.29, 0.717) is 6.61 Å². The Morgan fingerprint density at radius 1 is 1.29 bits per heavy atom. The number of nitrogens with two attached hydrogens (primary N) is 1. The maximum atomic E-state index is 5.88. The van der Waals surface area contributed by atoms with Crippen LogP contribution in [0.1, 0.15) is 11.3 Å². The number of aromatic nitrogens is 2. The molecule has 106 valence electrons. The molecule has 0 unspecified atom stereocenters. The molecule has 0 amide bonds. The van der Waals surface area contributed by atoms with Crippen LogP contribution in [0.15, 0.2) is 61.4 Å². The highest BCUT2D eigenvalue weighted by Crippen LogP contribution is 2.23. The van der Waals surface area contributed by atoms with Gasteiger partial charge in [-0.25, -0.2) is 4.98 Å². The van der Waals surface area contributed by atoms with Crippen molar-refractivity contribution in [2.45, 2.75) is 13.0 Å². The van der Waals surface area contributed by atoms with Gasteiger partial charge in [0.2, 0.25) is 0 Å². The molecule has 0 fully saturated rings. The molecule has 1 aromatic carbocycles. The average molecular weight is 279 g/mol. The Bertz CT molecular complexity index is 744. The van der Waals surface area contributed by atoms with Gasteiger partial charge in [0.25, 0.3) is 0 Å². The number of anilines is 1. The second-order valence-electron chi connectivity index (χ2n) is 4.85. The van der Waals surface area contributed by atoms with Crippen molar-refractivity contribution in [3.05, 3.63) is 72.7 Å². The summed E-state index contributed by atoms with van der Waals surface area (Å²) < 4.78 is 7.86.